The van der Waals surface area contributed by atoms with Crippen LogP contribution in [0.5, 0.6) is 0 Å². The van der Waals surface area contributed by atoms with Crippen LogP contribution < -0.4 is 5.32 Å². The zero-order valence-electron chi connectivity index (χ0n) is 18.0. The van der Waals surface area contributed by atoms with Gasteiger partial charge < -0.3 is 4.42 Å². The lowest BCUT2D eigenvalue weighted by molar-refractivity contribution is -0.121. The summed E-state index contributed by atoms with van der Waals surface area (Å²) in [7, 11) is -3.69. The second-order valence-corrected chi connectivity index (χ2v) is 12.7. The van der Waals surface area contributed by atoms with Gasteiger partial charge in [-0.3, -0.25) is 14.9 Å². The minimum absolute atomic E-state index is 0.00787. The van der Waals surface area contributed by atoms with Crippen molar-refractivity contribution >= 4 is 54.3 Å². The summed E-state index contributed by atoms with van der Waals surface area (Å²) in [6.07, 6.45) is 1.42. The number of hydrogen-bond donors (Lipinski definition) is 1. The highest BCUT2D eigenvalue weighted by Gasteiger charge is 2.45. The Morgan fingerprint density at radius 1 is 1.09 bits per heavy atom. The minimum atomic E-state index is -3.69. The van der Waals surface area contributed by atoms with E-state index in [-0.39, 0.29) is 24.0 Å². The molecule has 1 saturated heterocycles. The van der Waals surface area contributed by atoms with Crippen molar-refractivity contribution in [3.05, 3.63) is 59.3 Å². The Labute approximate surface area is 206 Å². The molecule has 1 unspecified atom stereocenters. The monoisotopic (exact) mass is 533 g/mol. The molecular weight excluding hydrogens is 517 g/mol. The molecule has 1 atom stereocenters. The number of nitrogens with zero attached hydrogens (tertiary/aromatic N) is 4. The molecule has 4 heterocycles. The lowest BCUT2D eigenvalue weighted by Gasteiger charge is -2.14. The maximum absolute atomic E-state index is 13.1. The van der Waals surface area contributed by atoms with Gasteiger partial charge in [-0.1, -0.05) is 6.07 Å². The highest BCUT2D eigenvalue weighted by molar-refractivity contribution is 8.16. The first kappa shape index (κ1) is 23.5. The van der Waals surface area contributed by atoms with Gasteiger partial charge in [-0.05, 0) is 48.5 Å². The lowest BCUT2D eigenvalue weighted by atomic mass is 10.1. The minimum Gasteiger partial charge on any atom is -0.424 e. The number of fused-ring (bicyclic) bond motifs is 1. The molecule has 0 bridgehead atoms. The van der Waals surface area contributed by atoms with E-state index in [0.717, 1.165) is 27.6 Å². The number of hydrogen-bond acceptors (Lipinski definition) is 11. The van der Waals surface area contributed by atoms with Gasteiger partial charge in [0.1, 0.15) is 21.3 Å². The van der Waals surface area contributed by atoms with E-state index in [1.165, 1.54) is 23.6 Å². The van der Waals surface area contributed by atoms with Gasteiger partial charge in [-0.15, -0.1) is 21.5 Å². The largest absolute Gasteiger partial charge is 0.424 e. The molecule has 0 radical (unpaired) electrons. The molecule has 1 fully saturated rings. The number of imide groups is 1. The molecule has 0 saturated carbocycles. The predicted molar refractivity (Wildman–Crippen MR) is 127 cm³/mol. The standard InChI is InChI=1S/C21H16FN5O5S3/c1-21(19(28)25-20(29)34-21)7-16-26-27-17(32-16)9-35(30,31)10-18-24-13-4-2-11(6-14(13)33-18)12-3-5-15(22)23-8-12/h2-6,8H,7,9-10H2,1H3,(H,25,28,29). The van der Waals surface area contributed by atoms with E-state index in [1.54, 1.807) is 19.1 Å². The summed E-state index contributed by atoms with van der Waals surface area (Å²) in [6.45, 7) is 1.57. The second-order valence-electron chi connectivity index (χ2n) is 8.03. The molecular formula is C21H16FN5O5S3. The average Bonchev–Trinajstić information content (AvgIpc) is 3.44. The Hall–Kier alpha value is -3.23. The van der Waals surface area contributed by atoms with Crippen LogP contribution in [0.4, 0.5) is 9.18 Å². The smallest absolute Gasteiger partial charge is 0.286 e. The number of benzene rings is 1. The van der Waals surface area contributed by atoms with Crippen LogP contribution in [0.2, 0.25) is 0 Å². The maximum Gasteiger partial charge on any atom is 0.286 e. The van der Waals surface area contributed by atoms with Gasteiger partial charge in [-0.2, -0.15) is 4.39 Å². The second kappa shape index (κ2) is 8.77. The van der Waals surface area contributed by atoms with Crippen molar-refractivity contribution in [2.24, 2.45) is 0 Å². The Kier molecular flexibility index (Phi) is 5.89. The molecule has 1 aliphatic rings. The zero-order chi connectivity index (χ0) is 24.8. The zero-order valence-corrected chi connectivity index (χ0v) is 20.5. The third-order valence-corrected chi connectivity index (χ3v) is 8.86. The van der Waals surface area contributed by atoms with Crippen molar-refractivity contribution in [1.82, 2.24) is 25.5 Å². The van der Waals surface area contributed by atoms with Gasteiger partial charge in [0.15, 0.2) is 9.84 Å². The van der Waals surface area contributed by atoms with Crippen LogP contribution >= 0.6 is 23.1 Å². The van der Waals surface area contributed by atoms with Crippen LogP contribution in [0, 0.1) is 5.95 Å². The lowest BCUT2D eigenvalue weighted by Crippen LogP contribution is -2.35. The number of rotatable bonds is 7. The molecule has 5 rings (SSSR count). The normalized spacial score (nSPS) is 18.3. The van der Waals surface area contributed by atoms with Gasteiger partial charge in [0.25, 0.3) is 5.24 Å². The van der Waals surface area contributed by atoms with Crippen LogP contribution in [0.3, 0.4) is 0 Å². The first-order chi connectivity index (χ1) is 16.6. The molecule has 3 aromatic heterocycles. The first-order valence-corrected chi connectivity index (χ1v) is 13.6. The van der Waals surface area contributed by atoms with Crippen LogP contribution in [-0.4, -0.2) is 44.5 Å². The van der Waals surface area contributed by atoms with Crippen molar-refractivity contribution in [3.63, 3.8) is 0 Å². The summed E-state index contributed by atoms with van der Waals surface area (Å²) in [5.74, 6) is -1.88. The summed E-state index contributed by atoms with van der Waals surface area (Å²) in [4.78, 5) is 31.5. The highest BCUT2D eigenvalue weighted by Crippen LogP contribution is 2.34. The molecule has 1 N–H and O–H groups in total. The van der Waals surface area contributed by atoms with Crippen LogP contribution in [0.1, 0.15) is 23.7 Å². The molecule has 1 aromatic carbocycles. The number of carbonyl (C=O) groups excluding carboxylic acids is 2. The number of halogens is 1. The molecule has 10 nitrogen and oxygen atoms in total. The first-order valence-electron chi connectivity index (χ1n) is 10.2. The van der Waals surface area contributed by atoms with Gasteiger partial charge in [-0.25, -0.2) is 18.4 Å². The Morgan fingerprint density at radius 2 is 1.86 bits per heavy atom. The van der Waals surface area contributed by atoms with Crippen LogP contribution in [0.25, 0.3) is 21.3 Å². The maximum atomic E-state index is 13.1. The quantitative estimate of drug-likeness (QED) is 0.351. The van der Waals surface area contributed by atoms with Gasteiger partial charge >= 0.3 is 0 Å². The third-order valence-electron chi connectivity index (χ3n) is 5.19. The third kappa shape index (κ3) is 5.09. The molecule has 0 spiro atoms. The summed E-state index contributed by atoms with van der Waals surface area (Å²) < 4.78 is 43.7. The number of thiazole rings is 1. The SMILES string of the molecule is CC1(Cc2nnc(CS(=O)(=O)Cc3nc4ccc(-c5ccc(F)nc5)cc4s3)o2)SC(=O)NC1=O. The molecule has 14 heteroatoms. The van der Waals surface area contributed by atoms with Gasteiger partial charge in [0.05, 0.1) is 10.2 Å². The number of carbonyl (C=O) groups is 2. The van der Waals surface area contributed by atoms with Gasteiger partial charge in [0.2, 0.25) is 23.6 Å². The summed E-state index contributed by atoms with van der Waals surface area (Å²) in [6, 6.07) is 8.32. The van der Waals surface area contributed by atoms with E-state index in [2.05, 4.69) is 25.5 Å². The molecule has 35 heavy (non-hydrogen) atoms. The molecule has 180 valence electrons. The Balaban J connectivity index is 1.28. The van der Waals surface area contributed by atoms with Crippen molar-refractivity contribution in [1.29, 1.82) is 0 Å². The number of sulfone groups is 1. The average molecular weight is 534 g/mol. The van der Waals surface area contributed by atoms with Crippen LogP contribution in [-0.2, 0) is 32.6 Å². The van der Waals surface area contributed by atoms with Crippen molar-refractivity contribution < 1.29 is 26.8 Å². The summed E-state index contributed by atoms with van der Waals surface area (Å²) in [5.41, 5.74) is 2.19. The van der Waals surface area contributed by atoms with Gasteiger partial charge in [0, 0.05) is 18.2 Å². The van der Waals surface area contributed by atoms with Crippen molar-refractivity contribution in [2.75, 3.05) is 0 Å². The fourth-order valence-electron chi connectivity index (χ4n) is 3.51. The van der Waals surface area contributed by atoms with E-state index in [1.807, 2.05) is 12.1 Å². The van der Waals surface area contributed by atoms with Crippen molar-refractivity contribution in [2.45, 2.75) is 29.6 Å². The van der Waals surface area contributed by atoms with E-state index in [0.29, 0.717) is 10.5 Å². The van der Waals surface area contributed by atoms with E-state index < -0.39 is 37.4 Å². The molecule has 1 aliphatic heterocycles. The van der Waals surface area contributed by atoms with Crippen LogP contribution in [0.15, 0.2) is 40.9 Å². The van der Waals surface area contributed by atoms with E-state index >= 15 is 0 Å². The number of thioether (sulfide) groups is 1. The number of aromatic nitrogens is 4. The number of pyridine rings is 1. The summed E-state index contributed by atoms with van der Waals surface area (Å²) in [5, 5.41) is 9.75. The molecule has 0 aliphatic carbocycles. The summed E-state index contributed by atoms with van der Waals surface area (Å²) >= 11 is 2.07. The fourth-order valence-corrected chi connectivity index (χ4v) is 7.02. The fraction of sp³-hybridized carbons (Fsp3) is 0.238. The van der Waals surface area contributed by atoms with E-state index in [4.69, 9.17) is 4.42 Å². The highest BCUT2D eigenvalue weighted by atomic mass is 32.2. The number of nitrogens with one attached hydrogen (secondary N) is 1. The Morgan fingerprint density at radius 3 is 2.57 bits per heavy atom. The van der Waals surface area contributed by atoms with Crippen molar-refractivity contribution in [3.8, 4) is 11.1 Å². The molecule has 2 amide bonds. The number of amides is 2. The predicted octanol–water partition coefficient (Wildman–Crippen LogP) is 3.28. The van der Waals surface area contributed by atoms with E-state index in [9.17, 15) is 22.4 Å². The molecule has 4 aromatic rings. The topological polar surface area (TPSA) is 145 Å². The Bertz CT molecular complexity index is 1570.